The van der Waals surface area contributed by atoms with Crippen LogP contribution >= 0.6 is 0 Å². The van der Waals surface area contributed by atoms with E-state index in [0.29, 0.717) is 6.61 Å². The van der Waals surface area contributed by atoms with E-state index in [1.807, 2.05) is 6.92 Å². The lowest BCUT2D eigenvalue weighted by Crippen LogP contribution is -2.28. The second kappa shape index (κ2) is 5.93. The average molecular weight is 247 g/mol. The van der Waals surface area contributed by atoms with Crippen molar-refractivity contribution in [2.75, 3.05) is 19.8 Å². The molecule has 6 heteroatoms. The third-order valence-electron chi connectivity index (χ3n) is 1.87. The van der Waals surface area contributed by atoms with Gasteiger partial charge in [0.2, 0.25) is 10.0 Å². The van der Waals surface area contributed by atoms with E-state index in [1.165, 1.54) is 18.2 Å². The summed E-state index contributed by atoms with van der Waals surface area (Å²) in [6.07, 6.45) is 0. The van der Waals surface area contributed by atoms with Gasteiger partial charge in [-0.1, -0.05) is 12.1 Å². The number of hydrogen-bond acceptors (Lipinski definition) is 3. The van der Waals surface area contributed by atoms with E-state index < -0.39 is 15.8 Å². The second-order valence-electron chi connectivity index (χ2n) is 3.03. The summed E-state index contributed by atoms with van der Waals surface area (Å²) in [5.41, 5.74) is 0. The Balaban J connectivity index is 2.68. The lowest BCUT2D eigenvalue weighted by Gasteiger charge is -2.07. The quantitative estimate of drug-likeness (QED) is 0.767. The van der Waals surface area contributed by atoms with Crippen molar-refractivity contribution in [3.05, 3.63) is 30.1 Å². The van der Waals surface area contributed by atoms with E-state index in [-0.39, 0.29) is 18.0 Å². The van der Waals surface area contributed by atoms with E-state index in [0.717, 1.165) is 6.07 Å². The van der Waals surface area contributed by atoms with Gasteiger partial charge in [0.15, 0.2) is 0 Å². The van der Waals surface area contributed by atoms with E-state index in [2.05, 4.69) is 4.72 Å². The van der Waals surface area contributed by atoms with Crippen LogP contribution in [-0.2, 0) is 14.8 Å². The average Bonchev–Trinajstić information content (AvgIpc) is 2.25. The first-order valence-electron chi connectivity index (χ1n) is 4.90. The third kappa shape index (κ3) is 3.55. The van der Waals surface area contributed by atoms with Crippen LogP contribution in [0.1, 0.15) is 6.92 Å². The molecule has 16 heavy (non-hydrogen) atoms. The molecule has 90 valence electrons. The summed E-state index contributed by atoms with van der Waals surface area (Å²) >= 11 is 0. The lowest BCUT2D eigenvalue weighted by molar-refractivity contribution is 0.153. The third-order valence-corrected chi connectivity index (χ3v) is 3.36. The summed E-state index contributed by atoms with van der Waals surface area (Å²) in [6.45, 7) is 2.72. The maximum Gasteiger partial charge on any atom is 0.243 e. The molecule has 0 unspecified atom stereocenters. The number of rotatable bonds is 6. The Kier molecular flexibility index (Phi) is 4.85. The molecule has 0 aliphatic rings. The normalized spacial score (nSPS) is 11.6. The van der Waals surface area contributed by atoms with E-state index in [1.54, 1.807) is 0 Å². The minimum absolute atomic E-state index is 0.129. The minimum atomic E-state index is -3.78. The van der Waals surface area contributed by atoms with Crippen LogP contribution < -0.4 is 4.72 Å². The first-order valence-corrected chi connectivity index (χ1v) is 6.38. The molecule has 1 aromatic rings. The first-order chi connectivity index (χ1) is 7.58. The van der Waals surface area contributed by atoms with Gasteiger partial charge >= 0.3 is 0 Å². The zero-order chi connectivity index (χ0) is 12.0. The number of nitrogens with one attached hydrogen (secondary N) is 1. The zero-order valence-electron chi connectivity index (χ0n) is 8.94. The molecule has 0 aromatic heterocycles. The monoisotopic (exact) mass is 247 g/mol. The van der Waals surface area contributed by atoms with Gasteiger partial charge in [-0.3, -0.25) is 0 Å². The van der Waals surface area contributed by atoms with Gasteiger partial charge in [0.1, 0.15) is 10.7 Å². The molecule has 1 N–H and O–H groups in total. The van der Waals surface area contributed by atoms with Crippen molar-refractivity contribution in [2.24, 2.45) is 0 Å². The highest BCUT2D eigenvalue weighted by molar-refractivity contribution is 7.89. The molecule has 0 aliphatic carbocycles. The molecule has 0 heterocycles. The van der Waals surface area contributed by atoms with Gasteiger partial charge in [-0.15, -0.1) is 0 Å². The molecule has 1 rings (SSSR count). The van der Waals surface area contributed by atoms with Crippen LogP contribution in [0, 0.1) is 5.82 Å². The molecule has 0 bridgehead atoms. The van der Waals surface area contributed by atoms with Crippen molar-refractivity contribution < 1.29 is 17.5 Å². The Morgan fingerprint density at radius 2 is 2.06 bits per heavy atom. The molecule has 0 radical (unpaired) electrons. The van der Waals surface area contributed by atoms with Crippen LogP contribution in [0.25, 0.3) is 0 Å². The summed E-state index contributed by atoms with van der Waals surface area (Å²) in [5.74, 6) is -0.758. The van der Waals surface area contributed by atoms with Crippen molar-refractivity contribution in [1.82, 2.24) is 4.72 Å². The van der Waals surface area contributed by atoms with Crippen LogP contribution in [-0.4, -0.2) is 28.2 Å². The Morgan fingerprint density at radius 3 is 2.69 bits per heavy atom. The standard InChI is InChI=1S/C10H14FNO3S/c1-2-15-8-7-12-16(13,14)10-6-4-3-5-9(10)11/h3-6,12H,2,7-8H2,1H3. The Hall–Kier alpha value is -0.980. The van der Waals surface area contributed by atoms with Crippen molar-refractivity contribution in [1.29, 1.82) is 0 Å². The van der Waals surface area contributed by atoms with Crippen molar-refractivity contribution in [3.63, 3.8) is 0 Å². The molecule has 0 saturated carbocycles. The van der Waals surface area contributed by atoms with E-state index in [9.17, 15) is 12.8 Å². The topological polar surface area (TPSA) is 55.4 Å². The SMILES string of the molecule is CCOCCNS(=O)(=O)c1ccccc1F. The van der Waals surface area contributed by atoms with Crippen LogP contribution in [0.4, 0.5) is 4.39 Å². The largest absolute Gasteiger partial charge is 0.380 e. The summed E-state index contributed by atoms with van der Waals surface area (Å²) in [7, 11) is -3.78. The fourth-order valence-electron chi connectivity index (χ4n) is 1.13. The highest BCUT2D eigenvalue weighted by Gasteiger charge is 2.17. The van der Waals surface area contributed by atoms with Crippen LogP contribution in [0.5, 0.6) is 0 Å². The van der Waals surface area contributed by atoms with Crippen molar-refractivity contribution >= 4 is 10.0 Å². The van der Waals surface area contributed by atoms with Gasteiger partial charge in [-0.05, 0) is 19.1 Å². The number of halogens is 1. The summed E-state index contributed by atoms with van der Waals surface area (Å²) in [4.78, 5) is -0.341. The Labute approximate surface area is 94.5 Å². The minimum Gasteiger partial charge on any atom is -0.380 e. The molecule has 0 spiro atoms. The smallest absolute Gasteiger partial charge is 0.243 e. The second-order valence-corrected chi connectivity index (χ2v) is 4.76. The highest BCUT2D eigenvalue weighted by Crippen LogP contribution is 2.12. The molecular weight excluding hydrogens is 233 g/mol. The molecule has 0 fully saturated rings. The lowest BCUT2D eigenvalue weighted by atomic mass is 10.4. The van der Waals surface area contributed by atoms with Crippen LogP contribution in [0.3, 0.4) is 0 Å². The van der Waals surface area contributed by atoms with Gasteiger partial charge in [0.05, 0.1) is 6.61 Å². The zero-order valence-corrected chi connectivity index (χ0v) is 9.76. The molecule has 0 saturated heterocycles. The predicted molar refractivity (Wildman–Crippen MR) is 58.1 cm³/mol. The summed E-state index contributed by atoms with van der Waals surface area (Å²) < 4.78 is 43.7. The van der Waals surface area contributed by atoms with Crippen molar-refractivity contribution in [2.45, 2.75) is 11.8 Å². The van der Waals surface area contributed by atoms with E-state index in [4.69, 9.17) is 4.74 Å². The molecule has 1 aromatic carbocycles. The molecular formula is C10H14FNO3S. The van der Waals surface area contributed by atoms with Crippen LogP contribution in [0.15, 0.2) is 29.2 Å². The van der Waals surface area contributed by atoms with Gasteiger partial charge in [0.25, 0.3) is 0 Å². The van der Waals surface area contributed by atoms with Gasteiger partial charge in [-0.25, -0.2) is 17.5 Å². The fraction of sp³-hybridized carbons (Fsp3) is 0.400. The maximum absolute atomic E-state index is 13.2. The number of benzene rings is 1. The van der Waals surface area contributed by atoms with Gasteiger partial charge in [-0.2, -0.15) is 0 Å². The first kappa shape index (κ1) is 13.1. The Morgan fingerprint density at radius 1 is 1.38 bits per heavy atom. The van der Waals surface area contributed by atoms with Crippen LogP contribution in [0.2, 0.25) is 0 Å². The molecule has 0 amide bonds. The number of sulfonamides is 1. The van der Waals surface area contributed by atoms with Gasteiger partial charge < -0.3 is 4.74 Å². The predicted octanol–water partition coefficient (Wildman–Crippen LogP) is 1.14. The van der Waals surface area contributed by atoms with E-state index >= 15 is 0 Å². The maximum atomic E-state index is 13.2. The molecule has 0 aliphatic heterocycles. The summed E-state index contributed by atoms with van der Waals surface area (Å²) in [6, 6.07) is 5.24. The fourth-order valence-corrected chi connectivity index (χ4v) is 2.22. The molecule has 0 atom stereocenters. The molecule has 4 nitrogen and oxygen atoms in total. The summed E-state index contributed by atoms with van der Waals surface area (Å²) in [5, 5.41) is 0. The number of ether oxygens (including phenoxy) is 1. The van der Waals surface area contributed by atoms with Crippen molar-refractivity contribution in [3.8, 4) is 0 Å². The Bertz CT molecular complexity index is 433. The number of hydrogen-bond donors (Lipinski definition) is 1. The van der Waals surface area contributed by atoms with Gasteiger partial charge in [0, 0.05) is 13.2 Å². The highest BCUT2D eigenvalue weighted by atomic mass is 32.2.